The number of nitrogens with one attached hydrogen (secondary N) is 1. The number of H-pyrrole nitrogens is 1. The van der Waals surface area contributed by atoms with E-state index in [0.717, 1.165) is 35.5 Å². The molecule has 7 heteroatoms. The second-order valence-electron chi connectivity index (χ2n) is 6.43. The summed E-state index contributed by atoms with van der Waals surface area (Å²) >= 11 is 0. The third-order valence-electron chi connectivity index (χ3n) is 4.75. The van der Waals surface area contributed by atoms with Crippen LogP contribution in [0.5, 0.6) is 0 Å². The third-order valence-corrected chi connectivity index (χ3v) is 4.75. The van der Waals surface area contributed by atoms with Crippen LogP contribution in [0.3, 0.4) is 0 Å². The molecule has 2 aliphatic rings. The van der Waals surface area contributed by atoms with Gasteiger partial charge in [-0.25, -0.2) is 4.98 Å². The lowest BCUT2D eigenvalue weighted by molar-refractivity contribution is -0.00714. The molecule has 0 bridgehead atoms. The number of fused-ring (bicyclic) bond motifs is 2. The minimum absolute atomic E-state index is 0.0443. The molecule has 0 aromatic carbocycles. The van der Waals surface area contributed by atoms with Gasteiger partial charge in [-0.15, -0.1) is 0 Å². The van der Waals surface area contributed by atoms with E-state index in [9.17, 15) is 4.79 Å². The van der Waals surface area contributed by atoms with Crippen LogP contribution in [0.25, 0.3) is 0 Å². The van der Waals surface area contributed by atoms with Gasteiger partial charge in [-0.05, 0) is 13.8 Å². The monoisotopic (exact) mass is 315 g/mol. The Hall–Kier alpha value is -2.15. The lowest BCUT2D eigenvalue weighted by Gasteiger charge is -2.28. The Kier molecular flexibility index (Phi) is 3.26. The van der Waals surface area contributed by atoms with Crippen LogP contribution in [0.2, 0.25) is 0 Å². The molecule has 0 aliphatic carbocycles. The molecule has 1 amide bonds. The van der Waals surface area contributed by atoms with Crippen LogP contribution in [0, 0.1) is 0 Å². The molecule has 2 aromatic heterocycles. The molecule has 4 heterocycles. The minimum Gasteiger partial charge on any atom is -0.369 e. The van der Waals surface area contributed by atoms with Gasteiger partial charge in [0.1, 0.15) is 5.69 Å². The Morgan fingerprint density at radius 3 is 3.09 bits per heavy atom. The molecule has 0 unspecified atom stereocenters. The number of nitrogens with zero attached hydrogens (tertiary/aromatic N) is 4. The lowest BCUT2D eigenvalue weighted by atomic mass is 9.99. The van der Waals surface area contributed by atoms with Gasteiger partial charge in [0, 0.05) is 32.0 Å². The first-order chi connectivity index (χ1) is 11.0. The number of aromatic amines is 1. The van der Waals surface area contributed by atoms with Gasteiger partial charge >= 0.3 is 0 Å². The molecule has 0 radical (unpaired) electrons. The number of hydrogen-bond acceptors (Lipinski definition) is 4. The quantitative estimate of drug-likeness (QED) is 0.862. The summed E-state index contributed by atoms with van der Waals surface area (Å²) in [6.07, 6.45) is 3.26. The number of imidazole rings is 1. The van der Waals surface area contributed by atoms with Gasteiger partial charge in [0.15, 0.2) is 0 Å². The molecule has 122 valence electrons. The molecule has 7 nitrogen and oxygen atoms in total. The fourth-order valence-electron chi connectivity index (χ4n) is 3.67. The zero-order chi connectivity index (χ0) is 16.1. The second-order valence-corrected chi connectivity index (χ2v) is 6.43. The van der Waals surface area contributed by atoms with Crippen LogP contribution in [-0.4, -0.2) is 43.2 Å². The molecule has 1 N–H and O–H groups in total. The lowest BCUT2D eigenvalue weighted by Crippen LogP contribution is -2.37. The fraction of sp³-hybridized carbons (Fsp3) is 0.562. The molecule has 23 heavy (non-hydrogen) atoms. The van der Waals surface area contributed by atoms with Gasteiger partial charge in [0.2, 0.25) is 0 Å². The molecule has 4 rings (SSSR count). The van der Waals surface area contributed by atoms with Gasteiger partial charge in [-0.3, -0.25) is 9.48 Å². The van der Waals surface area contributed by atoms with E-state index in [0.29, 0.717) is 18.8 Å². The number of ether oxygens (including phenoxy) is 1. The van der Waals surface area contributed by atoms with E-state index in [-0.39, 0.29) is 18.1 Å². The fourth-order valence-corrected chi connectivity index (χ4v) is 3.67. The number of hydrogen-bond donors (Lipinski definition) is 1. The van der Waals surface area contributed by atoms with Crippen molar-refractivity contribution in [2.75, 3.05) is 6.54 Å². The molecule has 2 aliphatic heterocycles. The van der Waals surface area contributed by atoms with Crippen molar-refractivity contribution in [3.8, 4) is 0 Å². The second kappa shape index (κ2) is 5.19. The highest BCUT2D eigenvalue weighted by molar-refractivity contribution is 5.94. The molecular weight excluding hydrogens is 294 g/mol. The Balaban J connectivity index is 1.67. The van der Waals surface area contributed by atoms with Crippen LogP contribution in [0.15, 0.2) is 6.33 Å². The van der Waals surface area contributed by atoms with Crippen molar-refractivity contribution in [3.05, 3.63) is 34.7 Å². The van der Waals surface area contributed by atoms with Crippen molar-refractivity contribution >= 4 is 5.91 Å². The third kappa shape index (κ3) is 2.26. The van der Waals surface area contributed by atoms with E-state index >= 15 is 0 Å². The summed E-state index contributed by atoms with van der Waals surface area (Å²) in [5.74, 6) is 0.0443. The molecule has 0 spiro atoms. The van der Waals surface area contributed by atoms with Gasteiger partial charge in [-0.2, -0.15) is 5.10 Å². The summed E-state index contributed by atoms with van der Waals surface area (Å²) in [6.45, 7) is 5.31. The van der Waals surface area contributed by atoms with Gasteiger partial charge in [-0.1, -0.05) is 0 Å². The summed E-state index contributed by atoms with van der Waals surface area (Å²) in [6, 6.07) is 0. The van der Waals surface area contributed by atoms with Crippen LogP contribution in [-0.2, 0) is 31.2 Å². The zero-order valence-corrected chi connectivity index (χ0v) is 13.7. The number of aryl methyl sites for hydroxylation is 1. The number of aromatic nitrogens is 4. The van der Waals surface area contributed by atoms with Crippen LogP contribution >= 0.6 is 0 Å². The minimum atomic E-state index is -0.0675. The summed E-state index contributed by atoms with van der Waals surface area (Å²) in [7, 11) is 1.84. The Bertz CT molecular complexity index is 763. The smallest absolute Gasteiger partial charge is 0.272 e. The first kappa shape index (κ1) is 14.4. The Morgan fingerprint density at radius 2 is 2.26 bits per heavy atom. The molecule has 0 saturated carbocycles. The Labute approximate surface area is 134 Å². The van der Waals surface area contributed by atoms with Gasteiger partial charge < -0.3 is 14.6 Å². The van der Waals surface area contributed by atoms with E-state index in [1.54, 1.807) is 11.0 Å². The number of carbonyl (C=O) groups is 1. The van der Waals surface area contributed by atoms with E-state index in [4.69, 9.17) is 4.74 Å². The van der Waals surface area contributed by atoms with Crippen LogP contribution in [0.1, 0.15) is 53.1 Å². The topological polar surface area (TPSA) is 76.0 Å². The van der Waals surface area contributed by atoms with E-state index in [1.807, 2.05) is 25.8 Å². The van der Waals surface area contributed by atoms with Crippen molar-refractivity contribution in [2.24, 2.45) is 7.05 Å². The normalized spacial score (nSPS) is 23.5. The Morgan fingerprint density at radius 1 is 1.43 bits per heavy atom. The highest BCUT2D eigenvalue weighted by atomic mass is 16.5. The molecule has 2 aromatic rings. The average molecular weight is 315 g/mol. The molecule has 0 fully saturated rings. The SMILES string of the molecule is C[C@@H]1Cc2c(nn(C)c2C(=O)N2CCc3nc[nH]c3C2)[C@H](C)O1. The van der Waals surface area contributed by atoms with Crippen molar-refractivity contribution in [1.29, 1.82) is 0 Å². The van der Waals surface area contributed by atoms with Crippen LogP contribution in [0.4, 0.5) is 0 Å². The number of amides is 1. The predicted molar refractivity (Wildman–Crippen MR) is 82.9 cm³/mol. The highest BCUT2D eigenvalue weighted by Gasteiger charge is 2.34. The first-order valence-electron chi connectivity index (χ1n) is 8.06. The summed E-state index contributed by atoms with van der Waals surface area (Å²) in [5.41, 5.74) is 4.74. The standard InChI is InChI=1S/C16H21N5O2/c1-9-6-11-14(10(2)23-9)19-20(3)15(11)16(22)21-5-4-12-13(7-21)18-8-17-12/h8-10H,4-7H2,1-3H3,(H,17,18)/t9-,10+/m1/s1. The molecular formula is C16H21N5O2. The van der Waals surface area contributed by atoms with E-state index < -0.39 is 0 Å². The average Bonchev–Trinajstić information content (AvgIpc) is 3.09. The number of carbonyl (C=O) groups excluding carboxylic acids is 1. The zero-order valence-electron chi connectivity index (χ0n) is 13.7. The largest absolute Gasteiger partial charge is 0.369 e. The van der Waals surface area contributed by atoms with Crippen molar-refractivity contribution in [3.63, 3.8) is 0 Å². The number of rotatable bonds is 1. The van der Waals surface area contributed by atoms with Crippen LogP contribution < -0.4 is 0 Å². The van der Waals surface area contributed by atoms with Crippen molar-refractivity contribution in [1.82, 2.24) is 24.6 Å². The molecule has 0 saturated heterocycles. The first-order valence-corrected chi connectivity index (χ1v) is 8.06. The van der Waals surface area contributed by atoms with Gasteiger partial charge in [0.25, 0.3) is 5.91 Å². The highest BCUT2D eigenvalue weighted by Crippen LogP contribution is 2.32. The van der Waals surface area contributed by atoms with E-state index in [1.165, 1.54) is 0 Å². The van der Waals surface area contributed by atoms with Crippen molar-refractivity contribution in [2.45, 2.75) is 45.4 Å². The maximum absolute atomic E-state index is 13.1. The maximum atomic E-state index is 13.1. The maximum Gasteiger partial charge on any atom is 0.272 e. The summed E-state index contributed by atoms with van der Waals surface area (Å²) in [4.78, 5) is 22.4. The molecule has 2 atom stereocenters. The summed E-state index contributed by atoms with van der Waals surface area (Å²) < 4.78 is 7.54. The van der Waals surface area contributed by atoms with Gasteiger partial charge in [0.05, 0.1) is 42.2 Å². The summed E-state index contributed by atoms with van der Waals surface area (Å²) in [5, 5.41) is 4.54. The predicted octanol–water partition coefficient (Wildman–Crippen LogP) is 1.36. The van der Waals surface area contributed by atoms with E-state index in [2.05, 4.69) is 15.1 Å². The van der Waals surface area contributed by atoms with Crippen molar-refractivity contribution < 1.29 is 9.53 Å².